The molecule has 0 aliphatic carbocycles. The topological polar surface area (TPSA) is 32.5 Å². The highest BCUT2D eigenvalue weighted by Crippen LogP contribution is 2.05. The van der Waals surface area contributed by atoms with Crippen molar-refractivity contribution >= 4 is 0 Å². The first-order chi connectivity index (χ1) is 4.74. The maximum Gasteiger partial charge on any atom is 0.0970 e. The van der Waals surface area contributed by atoms with Gasteiger partial charge in [0, 0.05) is 19.4 Å². The molecule has 0 aromatic carbocycles. The third-order valence-corrected chi connectivity index (χ3v) is 1.52. The van der Waals surface area contributed by atoms with Crippen molar-refractivity contribution in [3.05, 3.63) is 25.1 Å². The highest BCUT2D eigenvalue weighted by atomic mass is 15.4. The van der Waals surface area contributed by atoms with Gasteiger partial charge in [0.05, 0.1) is 12.8 Å². The first kappa shape index (κ1) is 7.15. The van der Waals surface area contributed by atoms with Gasteiger partial charge in [-0.2, -0.15) is 0 Å². The highest BCUT2D eigenvalue weighted by molar-refractivity contribution is 4.95. The second kappa shape index (κ2) is 2.75. The number of hydrogen-bond acceptors (Lipinski definition) is 3. The summed E-state index contributed by atoms with van der Waals surface area (Å²) in [6.45, 7) is 4.47. The van der Waals surface area contributed by atoms with E-state index in [-0.39, 0.29) is 6.17 Å². The molecule has 1 aliphatic heterocycles. The molecule has 1 aliphatic rings. The Morgan fingerprint density at radius 1 is 1.70 bits per heavy atom. The summed E-state index contributed by atoms with van der Waals surface area (Å²) in [7, 11) is 2.01. The van der Waals surface area contributed by atoms with Crippen LogP contribution in [0.25, 0.3) is 0 Å². The van der Waals surface area contributed by atoms with Gasteiger partial charge < -0.3 is 15.5 Å². The van der Waals surface area contributed by atoms with Gasteiger partial charge in [0.25, 0.3) is 0 Å². The Hall–Kier alpha value is -0.960. The molecule has 56 valence electrons. The van der Waals surface area contributed by atoms with Crippen LogP contribution in [0.15, 0.2) is 25.1 Å². The van der Waals surface area contributed by atoms with E-state index in [0.29, 0.717) is 0 Å². The summed E-state index contributed by atoms with van der Waals surface area (Å²) in [5, 5.41) is 0. The van der Waals surface area contributed by atoms with Gasteiger partial charge in [-0.1, -0.05) is 12.7 Å². The maximum absolute atomic E-state index is 5.67. The number of nitrogens with two attached hydrogens (primary N) is 1. The van der Waals surface area contributed by atoms with E-state index in [4.69, 9.17) is 5.73 Å². The summed E-state index contributed by atoms with van der Waals surface area (Å²) in [6.07, 6.45) is 5.63. The number of hydrogen-bond donors (Lipinski definition) is 1. The van der Waals surface area contributed by atoms with Crippen molar-refractivity contribution in [3.63, 3.8) is 0 Å². The molecule has 1 atom stereocenters. The summed E-state index contributed by atoms with van der Waals surface area (Å²) < 4.78 is 0. The lowest BCUT2D eigenvalue weighted by Gasteiger charge is -2.22. The molecular formula is C7H13N3. The minimum absolute atomic E-state index is 0.0544. The van der Waals surface area contributed by atoms with Crippen LogP contribution >= 0.6 is 0 Å². The van der Waals surface area contributed by atoms with Gasteiger partial charge >= 0.3 is 0 Å². The number of rotatable bonds is 2. The largest absolute Gasteiger partial charge is 0.362 e. The Kier molecular flexibility index (Phi) is 1.97. The van der Waals surface area contributed by atoms with Crippen molar-refractivity contribution in [2.75, 3.05) is 13.7 Å². The molecule has 0 aromatic heterocycles. The molecule has 0 spiro atoms. The molecule has 0 fully saturated rings. The highest BCUT2D eigenvalue weighted by Gasteiger charge is 2.11. The predicted molar refractivity (Wildman–Crippen MR) is 41.8 cm³/mol. The Balaban J connectivity index is 2.45. The van der Waals surface area contributed by atoms with E-state index < -0.39 is 0 Å². The van der Waals surface area contributed by atoms with Crippen LogP contribution in [0.4, 0.5) is 0 Å². The van der Waals surface area contributed by atoms with E-state index >= 15 is 0 Å². The Bertz CT molecular complexity index is 153. The second-order valence-corrected chi connectivity index (χ2v) is 2.44. The molecule has 3 nitrogen and oxygen atoms in total. The lowest BCUT2D eigenvalue weighted by atomic mass is 10.4. The van der Waals surface area contributed by atoms with Crippen molar-refractivity contribution < 1.29 is 0 Å². The van der Waals surface area contributed by atoms with E-state index in [1.54, 1.807) is 6.08 Å². The minimum atomic E-state index is -0.0544. The average Bonchev–Trinajstić information content (AvgIpc) is 2.34. The fourth-order valence-corrected chi connectivity index (χ4v) is 0.880. The zero-order chi connectivity index (χ0) is 7.56. The van der Waals surface area contributed by atoms with Crippen molar-refractivity contribution in [2.24, 2.45) is 5.73 Å². The van der Waals surface area contributed by atoms with E-state index in [1.165, 1.54) is 0 Å². The summed E-state index contributed by atoms with van der Waals surface area (Å²) >= 11 is 0. The van der Waals surface area contributed by atoms with Crippen LogP contribution < -0.4 is 5.73 Å². The number of nitrogens with zero attached hydrogens (tertiary/aromatic N) is 2. The zero-order valence-corrected chi connectivity index (χ0v) is 6.20. The van der Waals surface area contributed by atoms with Crippen molar-refractivity contribution in [1.29, 1.82) is 0 Å². The van der Waals surface area contributed by atoms with Gasteiger partial charge in [0.15, 0.2) is 0 Å². The van der Waals surface area contributed by atoms with Crippen LogP contribution in [0, 0.1) is 0 Å². The summed E-state index contributed by atoms with van der Waals surface area (Å²) in [5.41, 5.74) is 5.67. The third-order valence-electron chi connectivity index (χ3n) is 1.52. The fourth-order valence-electron chi connectivity index (χ4n) is 0.880. The second-order valence-electron chi connectivity index (χ2n) is 2.44. The van der Waals surface area contributed by atoms with Crippen molar-refractivity contribution in [1.82, 2.24) is 9.80 Å². The van der Waals surface area contributed by atoms with Gasteiger partial charge in [-0.25, -0.2) is 0 Å². The van der Waals surface area contributed by atoms with E-state index in [2.05, 4.69) is 11.5 Å². The van der Waals surface area contributed by atoms with Gasteiger partial charge in [0.2, 0.25) is 0 Å². The minimum Gasteiger partial charge on any atom is -0.362 e. The van der Waals surface area contributed by atoms with E-state index in [9.17, 15) is 0 Å². The summed E-state index contributed by atoms with van der Waals surface area (Å²) in [4.78, 5) is 4.07. The van der Waals surface area contributed by atoms with Gasteiger partial charge in [-0.05, 0) is 0 Å². The zero-order valence-electron chi connectivity index (χ0n) is 6.20. The molecule has 1 unspecified atom stereocenters. The smallest absolute Gasteiger partial charge is 0.0970 e. The van der Waals surface area contributed by atoms with Crippen molar-refractivity contribution in [3.8, 4) is 0 Å². The monoisotopic (exact) mass is 139 g/mol. The SMILES string of the molecule is C=CC(N)N1C=CN(C)C1. The summed E-state index contributed by atoms with van der Waals surface area (Å²) in [5.74, 6) is 0. The Morgan fingerprint density at radius 2 is 2.40 bits per heavy atom. The average molecular weight is 139 g/mol. The molecular weight excluding hydrogens is 126 g/mol. The van der Waals surface area contributed by atoms with Crippen molar-refractivity contribution in [2.45, 2.75) is 6.17 Å². The fraction of sp³-hybridized carbons (Fsp3) is 0.429. The van der Waals surface area contributed by atoms with Crippen LogP contribution in [-0.4, -0.2) is 29.7 Å². The maximum atomic E-state index is 5.67. The molecule has 0 saturated carbocycles. The molecule has 2 N–H and O–H groups in total. The normalized spacial score (nSPS) is 19.8. The molecule has 0 bridgehead atoms. The first-order valence-corrected chi connectivity index (χ1v) is 3.26. The van der Waals surface area contributed by atoms with Gasteiger partial charge in [-0.3, -0.25) is 0 Å². The van der Waals surface area contributed by atoms with E-state index in [0.717, 1.165) is 6.67 Å². The third kappa shape index (κ3) is 1.30. The standard InChI is InChI=1S/C7H13N3/c1-3-7(8)10-5-4-9(2)6-10/h3-5,7H,1,6,8H2,2H3. The Labute approximate surface area is 61.4 Å². The van der Waals surface area contributed by atoms with Crippen LogP contribution in [0.1, 0.15) is 0 Å². The Morgan fingerprint density at radius 3 is 2.80 bits per heavy atom. The lowest BCUT2D eigenvalue weighted by molar-refractivity contribution is 0.264. The summed E-state index contributed by atoms with van der Waals surface area (Å²) in [6, 6.07) is 0. The van der Waals surface area contributed by atoms with Crippen LogP contribution in [-0.2, 0) is 0 Å². The van der Waals surface area contributed by atoms with Gasteiger partial charge in [0.1, 0.15) is 0 Å². The molecule has 0 aromatic rings. The van der Waals surface area contributed by atoms with Crippen LogP contribution in [0.5, 0.6) is 0 Å². The molecule has 1 rings (SSSR count). The molecule has 0 amide bonds. The quantitative estimate of drug-likeness (QED) is 0.552. The molecule has 0 saturated heterocycles. The molecule has 10 heavy (non-hydrogen) atoms. The van der Waals surface area contributed by atoms with E-state index in [1.807, 2.05) is 24.3 Å². The lowest BCUT2D eigenvalue weighted by Crippen LogP contribution is -2.37. The molecule has 3 heteroatoms. The van der Waals surface area contributed by atoms with Gasteiger partial charge in [-0.15, -0.1) is 0 Å². The predicted octanol–water partition coefficient (Wildman–Crippen LogP) is 0.133. The van der Waals surface area contributed by atoms with Crippen LogP contribution in [0.2, 0.25) is 0 Å². The first-order valence-electron chi connectivity index (χ1n) is 3.26. The molecule has 0 radical (unpaired) electrons. The molecule has 1 heterocycles. The van der Waals surface area contributed by atoms with Crippen LogP contribution in [0.3, 0.4) is 0 Å².